The fourth-order valence-corrected chi connectivity index (χ4v) is 2.96. The first-order chi connectivity index (χ1) is 12.5. The van der Waals surface area contributed by atoms with Gasteiger partial charge in [-0.3, -0.25) is 19.5 Å². The van der Waals surface area contributed by atoms with E-state index in [1.54, 1.807) is 36.2 Å². The van der Waals surface area contributed by atoms with E-state index in [1.807, 2.05) is 37.3 Å². The van der Waals surface area contributed by atoms with E-state index in [-0.39, 0.29) is 36.0 Å². The van der Waals surface area contributed by atoms with Gasteiger partial charge in [0.05, 0.1) is 23.4 Å². The Labute approximate surface area is 150 Å². The van der Waals surface area contributed by atoms with Crippen LogP contribution in [0.2, 0.25) is 0 Å². The largest absolute Gasteiger partial charge is 0.339 e. The molecule has 3 rings (SSSR count). The van der Waals surface area contributed by atoms with E-state index in [0.717, 1.165) is 5.56 Å². The average molecular weight is 351 g/mol. The van der Waals surface area contributed by atoms with Gasteiger partial charge < -0.3 is 4.90 Å². The van der Waals surface area contributed by atoms with Crippen LogP contribution in [0, 0.1) is 0 Å². The Morgan fingerprint density at radius 2 is 1.65 bits per heavy atom. The number of aryl methyl sites for hydroxylation is 1. The zero-order chi connectivity index (χ0) is 18.7. The fourth-order valence-electron chi connectivity index (χ4n) is 2.96. The molecule has 6 nitrogen and oxygen atoms in total. The van der Waals surface area contributed by atoms with Crippen molar-refractivity contribution >= 4 is 16.7 Å². The van der Waals surface area contributed by atoms with Crippen LogP contribution >= 0.6 is 0 Å². The number of carbonyl (C=O) groups is 1. The first-order valence-electron chi connectivity index (χ1n) is 8.51. The van der Waals surface area contributed by atoms with Crippen molar-refractivity contribution in [3.05, 3.63) is 80.9 Å². The Morgan fingerprint density at radius 3 is 2.35 bits per heavy atom. The van der Waals surface area contributed by atoms with Crippen LogP contribution in [-0.4, -0.2) is 27.6 Å². The maximum atomic E-state index is 12.5. The molecular weight excluding hydrogens is 330 g/mol. The van der Waals surface area contributed by atoms with Gasteiger partial charge in [-0.25, -0.2) is 4.68 Å². The van der Waals surface area contributed by atoms with E-state index in [0.29, 0.717) is 10.8 Å². The van der Waals surface area contributed by atoms with E-state index in [4.69, 9.17) is 0 Å². The summed E-state index contributed by atoms with van der Waals surface area (Å²) in [6.45, 7) is 2.08. The molecule has 0 fully saturated rings. The number of hydrogen-bond acceptors (Lipinski definition) is 3. The third-order valence-corrected chi connectivity index (χ3v) is 4.69. The van der Waals surface area contributed by atoms with Crippen molar-refractivity contribution in [3.8, 4) is 0 Å². The van der Waals surface area contributed by atoms with Crippen LogP contribution in [0.5, 0.6) is 0 Å². The van der Waals surface area contributed by atoms with E-state index in [1.165, 1.54) is 4.68 Å². The third kappa shape index (κ3) is 3.44. The second kappa shape index (κ2) is 7.39. The Bertz CT molecular complexity index is 1040. The molecule has 134 valence electrons. The quantitative estimate of drug-likeness (QED) is 0.766. The zero-order valence-electron chi connectivity index (χ0n) is 14.8. The molecule has 26 heavy (non-hydrogen) atoms. The van der Waals surface area contributed by atoms with Gasteiger partial charge in [0.2, 0.25) is 5.91 Å². The van der Waals surface area contributed by atoms with Crippen LogP contribution in [0.1, 0.15) is 24.9 Å². The van der Waals surface area contributed by atoms with Gasteiger partial charge >= 0.3 is 0 Å². The van der Waals surface area contributed by atoms with Crippen LogP contribution in [-0.2, 0) is 11.3 Å². The number of hydrogen-bond donors (Lipinski definition) is 1. The number of aromatic nitrogens is 2. The molecule has 0 bridgehead atoms. The zero-order valence-corrected chi connectivity index (χ0v) is 14.8. The van der Waals surface area contributed by atoms with Crippen LogP contribution in [0.15, 0.2) is 64.2 Å². The highest BCUT2D eigenvalue weighted by Gasteiger charge is 2.17. The van der Waals surface area contributed by atoms with Gasteiger partial charge in [-0.15, -0.1) is 0 Å². The number of nitrogens with one attached hydrogen (secondary N) is 1. The molecule has 0 spiro atoms. The summed E-state index contributed by atoms with van der Waals surface area (Å²) in [4.78, 5) is 38.8. The van der Waals surface area contributed by atoms with Gasteiger partial charge in [-0.1, -0.05) is 42.5 Å². The van der Waals surface area contributed by atoms with Crippen LogP contribution < -0.4 is 11.1 Å². The predicted molar refractivity (Wildman–Crippen MR) is 101 cm³/mol. The predicted octanol–water partition coefficient (Wildman–Crippen LogP) is 2.30. The molecule has 1 atom stereocenters. The van der Waals surface area contributed by atoms with Crippen LogP contribution in [0.25, 0.3) is 10.8 Å². The number of H-pyrrole nitrogens is 1. The van der Waals surface area contributed by atoms with Gasteiger partial charge in [0, 0.05) is 13.5 Å². The Hall–Kier alpha value is -3.15. The van der Waals surface area contributed by atoms with Crippen molar-refractivity contribution in [2.75, 3.05) is 7.05 Å². The number of benzene rings is 2. The minimum absolute atomic E-state index is 0.0731. The molecule has 1 aromatic heterocycles. The van der Waals surface area contributed by atoms with Crippen molar-refractivity contribution in [1.82, 2.24) is 14.7 Å². The SMILES string of the molecule is CC(c1ccccc1)N(C)C(=O)CCn1[nH]c(=O)c2ccccc2c1=O. The van der Waals surface area contributed by atoms with Gasteiger partial charge in [0.15, 0.2) is 0 Å². The van der Waals surface area contributed by atoms with E-state index in [2.05, 4.69) is 5.10 Å². The Morgan fingerprint density at radius 1 is 1.04 bits per heavy atom. The topological polar surface area (TPSA) is 75.2 Å². The molecule has 1 amide bonds. The van der Waals surface area contributed by atoms with E-state index >= 15 is 0 Å². The maximum absolute atomic E-state index is 12.5. The highest BCUT2D eigenvalue weighted by atomic mass is 16.2. The van der Waals surface area contributed by atoms with Crippen LogP contribution in [0.4, 0.5) is 0 Å². The Kier molecular flexibility index (Phi) is 5.02. The van der Waals surface area contributed by atoms with Crippen molar-refractivity contribution in [3.63, 3.8) is 0 Å². The first kappa shape index (κ1) is 17.7. The lowest BCUT2D eigenvalue weighted by Crippen LogP contribution is -2.34. The summed E-state index contributed by atoms with van der Waals surface area (Å²) >= 11 is 0. The van der Waals surface area contributed by atoms with Crippen molar-refractivity contribution in [2.45, 2.75) is 25.9 Å². The second-order valence-corrected chi connectivity index (χ2v) is 6.28. The summed E-state index contributed by atoms with van der Waals surface area (Å²) in [7, 11) is 1.74. The second-order valence-electron chi connectivity index (χ2n) is 6.28. The number of nitrogens with zero attached hydrogens (tertiary/aromatic N) is 2. The molecule has 0 saturated heterocycles. The van der Waals surface area contributed by atoms with E-state index in [9.17, 15) is 14.4 Å². The molecule has 2 aromatic carbocycles. The summed E-state index contributed by atoms with van der Waals surface area (Å²) in [5.74, 6) is -0.0951. The molecule has 1 heterocycles. The lowest BCUT2D eigenvalue weighted by molar-refractivity contribution is -0.132. The lowest BCUT2D eigenvalue weighted by Gasteiger charge is -2.25. The first-order valence-corrected chi connectivity index (χ1v) is 8.51. The molecule has 1 unspecified atom stereocenters. The molecule has 0 saturated carbocycles. The van der Waals surface area contributed by atoms with Crippen molar-refractivity contribution in [2.24, 2.45) is 0 Å². The number of aromatic amines is 1. The van der Waals surface area contributed by atoms with Crippen molar-refractivity contribution in [1.29, 1.82) is 0 Å². The maximum Gasteiger partial charge on any atom is 0.273 e. The lowest BCUT2D eigenvalue weighted by atomic mass is 10.1. The summed E-state index contributed by atoms with van der Waals surface area (Å²) < 4.78 is 1.21. The summed E-state index contributed by atoms with van der Waals surface area (Å²) in [6, 6.07) is 16.3. The van der Waals surface area contributed by atoms with Crippen LogP contribution in [0.3, 0.4) is 0 Å². The molecule has 0 aliphatic rings. The molecule has 0 aliphatic heterocycles. The standard InChI is InChI=1S/C20H21N3O3/c1-14(15-8-4-3-5-9-15)22(2)18(24)12-13-23-20(26)17-11-7-6-10-16(17)19(25)21-23/h3-11,14H,12-13H2,1-2H3,(H,21,25). The third-order valence-electron chi connectivity index (χ3n) is 4.69. The Balaban J connectivity index is 1.76. The fraction of sp³-hybridized carbons (Fsp3) is 0.250. The molecule has 1 N–H and O–H groups in total. The number of rotatable bonds is 5. The average Bonchev–Trinajstić information content (AvgIpc) is 2.69. The van der Waals surface area contributed by atoms with Crippen molar-refractivity contribution < 1.29 is 4.79 Å². The molecule has 3 aromatic rings. The monoisotopic (exact) mass is 351 g/mol. The number of amides is 1. The highest BCUT2D eigenvalue weighted by Crippen LogP contribution is 2.18. The normalized spacial score (nSPS) is 12.1. The minimum atomic E-state index is -0.335. The number of carbonyl (C=O) groups excluding carboxylic acids is 1. The smallest absolute Gasteiger partial charge is 0.273 e. The van der Waals surface area contributed by atoms with Gasteiger partial charge in [0.25, 0.3) is 11.1 Å². The molecular formula is C20H21N3O3. The summed E-state index contributed by atoms with van der Waals surface area (Å²) in [6.07, 6.45) is 0.127. The molecule has 0 aliphatic carbocycles. The highest BCUT2D eigenvalue weighted by molar-refractivity contribution is 5.80. The van der Waals surface area contributed by atoms with Gasteiger partial charge in [-0.05, 0) is 24.6 Å². The molecule has 0 radical (unpaired) electrons. The molecule has 6 heteroatoms. The summed E-state index contributed by atoms with van der Waals surface area (Å²) in [5, 5.41) is 3.26. The van der Waals surface area contributed by atoms with Gasteiger partial charge in [-0.2, -0.15) is 0 Å². The number of fused-ring (bicyclic) bond motifs is 1. The minimum Gasteiger partial charge on any atom is -0.339 e. The van der Waals surface area contributed by atoms with E-state index < -0.39 is 0 Å². The van der Waals surface area contributed by atoms with Gasteiger partial charge in [0.1, 0.15) is 0 Å². The summed E-state index contributed by atoms with van der Waals surface area (Å²) in [5.41, 5.74) is 0.407.